The molecule has 1 aromatic carbocycles. The number of carbonyl (C=O) groups excluding carboxylic acids is 3. The van der Waals surface area contributed by atoms with Gasteiger partial charge in [-0.2, -0.15) is 18.3 Å². The Morgan fingerprint density at radius 3 is 2.35 bits per heavy atom. The Bertz CT molecular complexity index is 1820. The second kappa shape index (κ2) is 11.9. The predicted octanol–water partition coefficient (Wildman–Crippen LogP) is 2.83. The summed E-state index contributed by atoms with van der Waals surface area (Å²) in [6, 6.07) is 2.20. The fraction of sp³-hybridized carbons (Fsp3) is 0.500. The smallest absolute Gasteiger partial charge is 0.390 e. The number of benzene rings is 1. The summed E-state index contributed by atoms with van der Waals surface area (Å²) in [6.07, 6.45) is -4.31. The van der Waals surface area contributed by atoms with Crippen LogP contribution in [-0.2, 0) is 13.2 Å². The van der Waals surface area contributed by atoms with Crippen molar-refractivity contribution in [3.63, 3.8) is 0 Å². The molecule has 1 saturated carbocycles. The molecule has 4 aliphatic rings. The number of amides is 4. The monoisotopic (exact) mass is 711 g/mol. The summed E-state index contributed by atoms with van der Waals surface area (Å²) >= 11 is 6.46. The van der Waals surface area contributed by atoms with E-state index in [1.54, 1.807) is 9.80 Å². The number of carbonyl (C=O) groups is 3. The van der Waals surface area contributed by atoms with E-state index in [2.05, 4.69) is 26.0 Å². The van der Waals surface area contributed by atoms with Gasteiger partial charge in [-0.1, -0.05) is 11.6 Å². The Kier molecular flexibility index (Phi) is 8.10. The number of nitrogens with zero attached hydrogens (tertiary/aromatic N) is 6. The third-order valence-corrected chi connectivity index (χ3v) is 9.90. The lowest BCUT2D eigenvalue weighted by Gasteiger charge is -2.24. The summed E-state index contributed by atoms with van der Waals surface area (Å²) in [5.74, 6) is -4.37. The molecule has 3 aromatic rings. The molecule has 0 bridgehead atoms. The number of fused-ring (bicyclic) bond motifs is 1. The van der Waals surface area contributed by atoms with Crippen LogP contribution in [0.4, 0.5) is 32.4 Å². The lowest BCUT2D eigenvalue weighted by molar-refractivity contribution is -0.141. The molecule has 5 heterocycles. The Hall–Kier alpha value is -4.29. The van der Waals surface area contributed by atoms with Gasteiger partial charge in [0.15, 0.2) is 11.5 Å². The molecule has 13 nitrogen and oxygen atoms in total. The molecule has 4 amide bonds. The minimum absolute atomic E-state index is 0.0595. The predicted molar refractivity (Wildman–Crippen MR) is 163 cm³/mol. The zero-order chi connectivity index (χ0) is 35.0. The number of hydrogen-bond acceptors (Lipinski definition) is 7. The van der Waals surface area contributed by atoms with E-state index in [1.165, 1.54) is 25.2 Å². The van der Waals surface area contributed by atoms with E-state index in [-0.39, 0.29) is 57.6 Å². The molecule has 0 radical (unpaired) electrons. The summed E-state index contributed by atoms with van der Waals surface area (Å²) < 4.78 is 70.2. The molecular weight excluding hydrogens is 681 g/mol. The summed E-state index contributed by atoms with van der Waals surface area (Å²) in [6.45, 7) is 2.72. The van der Waals surface area contributed by atoms with Crippen molar-refractivity contribution in [3.8, 4) is 11.3 Å². The highest BCUT2D eigenvalue weighted by atomic mass is 35.5. The van der Waals surface area contributed by atoms with Crippen LogP contribution >= 0.6 is 11.6 Å². The second-order valence-corrected chi connectivity index (χ2v) is 13.3. The third kappa shape index (κ3) is 6.20. The number of urea groups is 1. The summed E-state index contributed by atoms with van der Waals surface area (Å²) in [4.78, 5) is 46.5. The molecule has 262 valence electrons. The quantitative estimate of drug-likeness (QED) is 0.288. The highest BCUT2D eigenvalue weighted by molar-refractivity contribution is 6.34. The highest BCUT2D eigenvalue weighted by Crippen LogP contribution is 2.53. The van der Waals surface area contributed by atoms with Crippen LogP contribution in [0.1, 0.15) is 39.1 Å². The highest BCUT2D eigenvalue weighted by Gasteiger charge is 2.59. The maximum Gasteiger partial charge on any atom is 0.435 e. The Morgan fingerprint density at radius 1 is 1.08 bits per heavy atom. The number of rotatable bonds is 6. The number of β-amino-alcohol motifs (C(OH)–C–C–N with tert-alkyl or cyclic N) is 1. The third-order valence-electron chi connectivity index (χ3n) is 9.59. The van der Waals surface area contributed by atoms with Crippen molar-refractivity contribution in [2.45, 2.75) is 36.7 Å². The number of aliphatic hydroxyl groups is 1. The zero-order valence-electron chi connectivity index (χ0n) is 25.8. The summed E-state index contributed by atoms with van der Waals surface area (Å²) in [5, 5.41) is 21.9. The first-order valence-electron chi connectivity index (χ1n) is 15.5. The van der Waals surface area contributed by atoms with Gasteiger partial charge in [-0.3, -0.25) is 14.3 Å². The van der Waals surface area contributed by atoms with Crippen molar-refractivity contribution < 1.29 is 41.4 Å². The molecule has 4 N–H and O–H groups in total. The molecular formula is C30H31ClF5N9O4. The summed E-state index contributed by atoms with van der Waals surface area (Å²) in [5.41, 5.74) is -1.64. The van der Waals surface area contributed by atoms with E-state index in [0.29, 0.717) is 44.0 Å². The number of nitrogens with one attached hydrogen (secondary N) is 3. The molecule has 2 aromatic heterocycles. The standard InChI is InChI=1S/C30H31ClF5N9O4/c1-42-21(18-13-45(23-5-29(23,32)33)41-24(18)30(34,35)36)7-38-25(42)26(47)39-16-2-3-17(19(31)4-16)27(48)43-9-14-11-44(12-15(14)10-43)28(49)40-20-6-37-8-22(20)46/h2-4,7,13-15,20,22-23,37,46H,5-6,8-12H2,1H3,(H,39,47)(H,40,49)/t14-,15+,20-,22-,23?/m1/s1. The van der Waals surface area contributed by atoms with Crippen LogP contribution in [0, 0.1) is 11.8 Å². The van der Waals surface area contributed by atoms with E-state index in [9.17, 15) is 41.4 Å². The van der Waals surface area contributed by atoms with E-state index in [4.69, 9.17) is 11.6 Å². The topological polar surface area (TPSA) is 150 Å². The van der Waals surface area contributed by atoms with Gasteiger partial charge in [0, 0.05) is 76.5 Å². The first-order valence-corrected chi connectivity index (χ1v) is 15.9. The zero-order valence-corrected chi connectivity index (χ0v) is 26.6. The minimum Gasteiger partial charge on any atom is -0.390 e. The van der Waals surface area contributed by atoms with Crippen molar-refractivity contribution in [1.29, 1.82) is 0 Å². The van der Waals surface area contributed by atoms with Crippen LogP contribution in [0.15, 0.2) is 30.6 Å². The normalized spacial score (nSPS) is 25.8. The van der Waals surface area contributed by atoms with Gasteiger partial charge < -0.3 is 35.4 Å². The van der Waals surface area contributed by atoms with Crippen molar-refractivity contribution in [1.82, 2.24) is 39.8 Å². The largest absolute Gasteiger partial charge is 0.435 e. The first-order chi connectivity index (χ1) is 23.1. The SMILES string of the molecule is Cn1c(-c2cn(C3CC3(F)F)nc2C(F)(F)F)cnc1C(=O)Nc1ccc(C(=O)N2C[C@H]3CN(C(=O)N[C@@H]4CNC[C@H]4O)C[C@H]3C2)c(Cl)c1. The molecule has 49 heavy (non-hydrogen) atoms. The Balaban J connectivity index is 0.987. The number of anilines is 1. The van der Waals surface area contributed by atoms with Gasteiger partial charge in [0.25, 0.3) is 17.7 Å². The summed E-state index contributed by atoms with van der Waals surface area (Å²) in [7, 11) is 1.31. The van der Waals surface area contributed by atoms with Crippen molar-refractivity contribution >= 4 is 35.1 Å². The van der Waals surface area contributed by atoms with Gasteiger partial charge in [-0.25, -0.2) is 18.6 Å². The van der Waals surface area contributed by atoms with Gasteiger partial charge in [0.1, 0.15) is 6.04 Å². The fourth-order valence-corrected chi connectivity index (χ4v) is 7.08. The molecule has 7 rings (SSSR count). The van der Waals surface area contributed by atoms with Crippen LogP contribution in [0.2, 0.25) is 5.02 Å². The van der Waals surface area contributed by atoms with Crippen LogP contribution in [0.25, 0.3) is 11.3 Å². The number of halogens is 6. The number of hydrogen-bond donors (Lipinski definition) is 4. The molecule has 3 aliphatic heterocycles. The van der Waals surface area contributed by atoms with Crippen molar-refractivity contribution in [2.75, 3.05) is 44.6 Å². The Morgan fingerprint density at radius 2 is 1.76 bits per heavy atom. The lowest BCUT2D eigenvalue weighted by atomic mass is 10.0. The minimum atomic E-state index is -4.95. The maximum atomic E-state index is 13.8. The van der Waals surface area contributed by atoms with Crippen molar-refractivity contribution in [3.05, 3.63) is 52.7 Å². The number of alkyl halides is 5. The van der Waals surface area contributed by atoms with Crippen LogP contribution in [0.5, 0.6) is 0 Å². The maximum absolute atomic E-state index is 13.8. The molecule has 19 heteroatoms. The lowest BCUT2D eigenvalue weighted by Crippen LogP contribution is -2.49. The average molecular weight is 712 g/mol. The molecule has 3 saturated heterocycles. The van der Waals surface area contributed by atoms with Gasteiger partial charge in [0.2, 0.25) is 0 Å². The van der Waals surface area contributed by atoms with E-state index >= 15 is 0 Å². The van der Waals surface area contributed by atoms with Crippen LogP contribution in [0.3, 0.4) is 0 Å². The van der Waals surface area contributed by atoms with Gasteiger partial charge in [-0.15, -0.1) is 0 Å². The Labute approximate surface area is 280 Å². The second-order valence-electron chi connectivity index (χ2n) is 12.9. The number of imidazole rings is 1. The van der Waals surface area contributed by atoms with Crippen molar-refractivity contribution in [2.24, 2.45) is 18.9 Å². The molecule has 1 aliphatic carbocycles. The first kappa shape index (κ1) is 33.2. The van der Waals surface area contributed by atoms with E-state index in [1.807, 2.05) is 0 Å². The molecule has 0 spiro atoms. The van der Waals surface area contributed by atoms with Crippen LogP contribution < -0.4 is 16.0 Å². The number of likely N-dealkylation sites (tertiary alicyclic amines) is 2. The van der Waals surface area contributed by atoms with E-state index in [0.717, 1.165) is 17.0 Å². The fourth-order valence-electron chi connectivity index (χ4n) is 6.82. The van der Waals surface area contributed by atoms with Gasteiger partial charge in [0.05, 0.1) is 40.2 Å². The van der Waals surface area contributed by atoms with Gasteiger partial charge >= 0.3 is 12.2 Å². The molecule has 5 atom stereocenters. The van der Waals surface area contributed by atoms with E-state index < -0.39 is 47.8 Å². The van der Waals surface area contributed by atoms with Crippen LogP contribution in [-0.4, -0.2) is 109 Å². The average Bonchev–Trinajstić information content (AvgIpc) is 3.67. The molecule has 4 fully saturated rings. The van der Waals surface area contributed by atoms with Gasteiger partial charge in [-0.05, 0) is 18.2 Å². The number of aromatic nitrogens is 4. The number of aliphatic hydroxyl groups excluding tert-OH is 1. The molecule has 1 unspecified atom stereocenters.